The minimum atomic E-state index is -0.916. The van der Waals surface area contributed by atoms with Gasteiger partial charge in [0, 0.05) is 59.1 Å². The predicted octanol–water partition coefficient (Wildman–Crippen LogP) is 21.4. The molecule has 3 unspecified atom stereocenters. The predicted molar refractivity (Wildman–Crippen MR) is 504 cm³/mol. The highest BCUT2D eigenvalue weighted by atomic mass is 35.5. The number of rotatable bonds is 27. The molecule has 7 rings (SSSR count). The molecular weight excluding hydrogens is 1590 g/mol. The summed E-state index contributed by atoms with van der Waals surface area (Å²) < 4.78 is 25.1. The fraction of sp³-hybridized carbons (Fsp3) is 0.474. The quantitative estimate of drug-likeness (QED) is 0.00577. The number of hydrogen-bond donors (Lipinski definition) is 9. The van der Waals surface area contributed by atoms with E-state index in [1.54, 1.807) is 71.0 Å². The van der Waals surface area contributed by atoms with Gasteiger partial charge in [0.2, 0.25) is 5.91 Å². The van der Waals surface area contributed by atoms with Gasteiger partial charge in [-0.05, 0) is 204 Å². The Bertz CT molecular complexity index is 4130. The Morgan fingerprint density at radius 1 is 0.472 bits per heavy atom. The van der Waals surface area contributed by atoms with E-state index in [-0.39, 0.29) is 117 Å². The van der Waals surface area contributed by atoms with E-state index in [4.69, 9.17) is 62.1 Å². The van der Waals surface area contributed by atoms with Crippen molar-refractivity contribution in [1.29, 1.82) is 0 Å². The summed E-state index contributed by atoms with van der Waals surface area (Å²) in [5, 5.41) is 34.7. The molecule has 4 amide bonds. The van der Waals surface area contributed by atoms with Crippen LogP contribution in [0.5, 0.6) is 11.5 Å². The summed E-state index contributed by atoms with van der Waals surface area (Å²) >= 11 is 5.26. The lowest BCUT2D eigenvalue weighted by Gasteiger charge is -2.28. The first-order valence-corrected chi connectivity index (χ1v) is 39.2. The number of halogens is 1. The zero-order valence-corrected chi connectivity index (χ0v) is 72.1. The number of nitrogen functional groups attached to an aromatic ring is 1. The third kappa shape index (κ3) is 49.3. The maximum Gasteiger partial charge on any atom is 0.316 e. The van der Waals surface area contributed by atoms with Crippen molar-refractivity contribution in [2.24, 2.45) is 23.5 Å². The highest BCUT2D eigenvalue weighted by molar-refractivity contribution is 6.68. The van der Waals surface area contributed by atoms with Gasteiger partial charge in [-0.15, -0.1) is 0 Å². The van der Waals surface area contributed by atoms with Crippen molar-refractivity contribution in [2.75, 3.05) is 54.7 Å². The highest BCUT2D eigenvalue weighted by Gasteiger charge is 2.43. The Morgan fingerprint density at radius 2 is 0.805 bits per heavy atom. The van der Waals surface area contributed by atoms with E-state index in [1.165, 1.54) is 62.1 Å². The number of carbonyl (C=O) groups is 11. The SMILES string of the molecule is C.C.C.C.C.C.C.CC(=O)Oc1ccccc1C(=O)Cl.CC(C)c1ccc(N)cc1.CC/C(C(=O)Nc1ccc(C(C)C)cc1)=C(\C)N.CC/C(C(=O)Nc1ccc(C(C)C)cc1)=C(\C)NC(=O)c1ccccc1OC(C)=O.CCC(C(=O)O)C1(C)OCCO1.CCC(C(C)=O)C(=O)Nc1ccc(C(C)C)cc1.CCOC(=O)C(CC)C(C)=O.OCCO. The lowest BCUT2D eigenvalue weighted by molar-refractivity contribution is -0.197. The monoisotopic (exact) mass is 1740 g/mol. The molecule has 0 bridgehead atoms. The number of aliphatic hydroxyl groups is 2. The van der Waals surface area contributed by atoms with E-state index in [1.807, 2.05) is 113 Å². The lowest BCUT2D eigenvalue weighted by Crippen LogP contribution is -2.40. The van der Waals surface area contributed by atoms with Crippen molar-refractivity contribution >= 4 is 98.7 Å². The maximum absolute atomic E-state index is 12.7. The van der Waals surface area contributed by atoms with Crippen LogP contribution in [0.3, 0.4) is 0 Å². The molecule has 1 aliphatic heterocycles. The van der Waals surface area contributed by atoms with Crippen LogP contribution in [0, 0.1) is 17.8 Å². The number of hydrogen-bond acceptors (Lipinski definition) is 20. The number of aliphatic carboxylic acids is 1. The number of carboxylic acids is 1. The van der Waals surface area contributed by atoms with Crippen molar-refractivity contribution in [3.05, 3.63) is 202 Å². The number of ether oxygens (including phenoxy) is 5. The number of Topliss-reactive ketones (excluding diaryl/α,β-unsaturated/α-hetero) is 2. The number of nitrogens with one attached hydrogen (secondary N) is 4. The molecule has 0 aromatic heterocycles. The largest absolute Gasteiger partial charge is 0.481 e. The van der Waals surface area contributed by atoms with E-state index in [9.17, 15) is 52.7 Å². The lowest BCUT2D eigenvalue weighted by atomic mass is 9.97. The molecule has 3 atom stereocenters. The Balaban J connectivity index is -0.000000212. The van der Waals surface area contributed by atoms with Crippen molar-refractivity contribution in [3.8, 4) is 11.5 Å². The summed E-state index contributed by atoms with van der Waals surface area (Å²) in [6, 6.07) is 44.1. The fourth-order valence-corrected chi connectivity index (χ4v) is 10.9. The minimum absolute atomic E-state index is 0. The van der Waals surface area contributed by atoms with Crippen LogP contribution in [0.15, 0.2) is 168 Å². The van der Waals surface area contributed by atoms with E-state index < -0.39 is 58.6 Å². The molecule has 25 nitrogen and oxygen atoms in total. The molecule has 6 aromatic rings. The number of carboxylic acid groups (broad SMARTS) is 1. The fourth-order valence-electron chi connectivity index (χ4n) is 10.7. The van der Waals surface area contributed by atoms with Crippen LogP contribution in [0.1, 0.15) is 296 Å². The van der Waals surface area contributed by atoms with Crippen LogP contribution in [-0.4, -0.2) is 118 Å². The molecule has 1 fully saturated rings. The van der Waals surface area contributed by atoms with E-state index >= 15 is 0 Å². The zero-order chi connectivity index (χ0) is 88.5. The second kappa shape index (κ2) is 68.8. The number of amides is 4. The van der Waals surface area contributed by atoms with Crippen LogP contribution >= 0.6 is 11.6 Å². The molecule has 26 heteroatoms. The van der Waals surface area contributed by atoms with Gasteiger partial charge in [-0.25, -0.2) is 0 Å². The second-order valence-electron chi connectivity index (χ2n) is 27.8. The Kier molecular flexibility index (Phi) is 71.5. The van der Waals surface area contributed by atoms with Crippen LogP contribution in [0.4, 0.5) is 22.7 Å². The minimum Gasteiger partial charge on any atom is -0.481 e. The van der Waals surface area contributed by atoms with Gasteiger partial charge in [-0.3, -0.25) is 52.7 Å². The van der Waals surface area contributed by atoms with Crippen LogP contribution in [0.25, 0.3) is 0 Å². The van der Waals surface area contributed by atoms with Crippen molar-refractivity contribution < 1.29 is 91.7 Å². The topological polar surface area (TPSA) is 395 Å². The Labute approximate surface area is 742 Å². The molecule has 123 heavy (non-hydrogen) atoms. The molecule has 692 valence electrons. The summed E-state index contributed by atoms with van der Waals surface area (Å²) in [7, 11) is 0. The third-order valence-electron chi connectivity index (χ3n) is 17.3. The number of carbonyl (C=O) groups excluding carboxylic acids is 10. The summed E-state index contributed by atoms with van der Waals surface area (Å²) in [5.41, 5.74) is 21.8. The number of esters is 3. The molecule has 1 saturated heterocycles. The maximum atomic E-state index is 12.7. The average Bonchev–Trinajstić information content (AvgIpc) is 1.74. The van der Waals surface area contributed by atoms with Crippen LogP contribution in [-0.2, 0) is 57.4 Å². The van der Waals surface area contributed by atoms with Crippen LogP contribution < -0.4 is 42.2 Å². The van der Waals surface area contributed by atoms with Crippen molar-refractivity contribution in [3.63, 3.8) is 0 Å². The first-order chi connectivity index (χ1) is 54.6. The normalized spacial score (nSPS) is 11.9. The van der Waals surface area contributed by atoms with Gasteiger partial charge in [-0.2, -0.15) is 0 Å². The Morgan fingerprint density at radius 3 is 1.10 bits per heavy atom. The van der Waals surface area contributed by atoms with Gasteiger partial charge in [0.1, 0.15) is 34.9 Å². The smallest absolute Gasteiger partial charge is 0.316 e. The summed E-state index contributed by atoms with van der Waals surface area (Å²) in [4.78, 5) is 126. The zero-order valence-electron chi connectivity index (χ0n) is 71.4. The van der Waals surface area contributed by atoms with Crippen molar-refractivity contribution in [2.45, 2.75) is 259 Å². The number of anilines is 4. The summed E-state index contributed by atoms with van der Waals surface area (Å²) in [6.07, 6.45) is 2.65. The molecule has 0 spiro atoms. The second-order valence-corrected chi connectivity index (χ2v) is 28.1. The molecule has 0 saturated carbocycles. The van der Waals surface area contributed by atoms with Gasteiger partial charge >= 0.3 is 23.9 Å². The van der Waals surface area contributed by atoms with Gasteiger partial charge in [0.15, 0.2) is 5.79 Å². The molecular formula is C97H153ClN6O19. The van der Waals surface area contributed by atoms with Crippen LogP contribution in [0.2, 0.25) is 0 Å². The van der Waals surface area contributed by atoms with Gasteiger partial charge in [0.05, 0.1) is 50.1 Å². The summed E-state index contributed by atoms with van der Waals surface area (Å²) in [6.45, 7) is 39.6. The number of aliphatic hydroxyl groups excluding tert-OH is 2. The molecule has 1 aliphatic rings. The van der Waals surface area contributed by atoms with Gasteiger partial charge < -0.3 is 71.7 Å². The molecule has 6 aromatic carbocycles. The molecule has 1 heterocycles. The van der Waals surface area contributed by atoms with E-state index in [0.29, 0.717) is 104 Å². The molecule has 11 N–H and O–H groups in total. The first-order valence-electron chi connectivity index (χ1n) is 38.8. The highest BCUT2D eigenvalue weighted by Crippen LogP contribution is 2.31. The number of benzene rings is 6. The molecule has 0 aliphatic carbocycles. The first kappa shape index (κ1) is 128. The third-order valence-corrected chi connectivity index (χ3v) is 17.5. The number of allylic oxidation sites excluding steroid dienone is 2. The Hall–Kier alpha value is -10.7. The summed E-state index contributed by atoms with van der Waals surface area (Å²) in [5.74, 6) is -3.80. The number of nitrogens with two attached hydrogens (primary N) is 2. The van der Waals surface area contributed by atoms with Crippen molar-refractivity contribution in [1.82, 2.24) is 5.32 Å². The van der Waals surface area contributed by atoms with Gasteiger partial charge in [0.25, 0.3) is 23.0 Å². The number of ketones is 2. The van der Waals surface area contributed by atoms with Gasteiger partial charge in [-0.1, -0.05) is 215 Å². The van der Waals surface area contributed by atoms with E-state index in [0.717, 1.165) is 17.1 Å². The average molecular weight is 1740 g/mol. The molecule has 0 radical (unpaired) electrons. The van der Waals surface area contributed by atoms with E-state index in [2.05, 4.69) is 88.8 Å². The number of para-hydroxylation sites is 2. The standard InChI is InChI=1S/C24H28N2O4.C15H22N2O.C15H21NO2.C9H7ClO3.C9H13N.C8H14O4.C8H14O3.C2H6O2.7CH4/c1-6-20(23(28)26-19-13-11-18(12-14-19)15(2)3)16(4)25-24(29)21-9-7-8-10-22(21)30-17(5)27;1-5-14(11(4)16)15(18)17-13-8-6-12(7-9-13)10(2)3;1-5-14(11(4)17)15(18)16-13-8-6-12(7-9-13)10(2)3;1-6(11)13-8-5-3-2-4-7(8)9(10)12;1-7(2)8-3-5-9(10)6-4-8;1-3-6(7(9)10)8(2)11-4-5-12-8;1-4-7(6(3)9)8(10)11-5-2;3-1-2-4;;;;;;;/h7-15H,6H2,1-5H3,(H,25,29)(H,26,28);6-10H,5,16H2,1-4H3,(H,17,18);6-10,14H,5H2,1-4H3,(H,16,18);2-5H,1H3;3-7H,10H2,1-2H3;6H,3-5H2,1-2H3,(H,9,10);7H,4-5H2,1-3H3;3-4H,1-2H2;7*1H4/b20-16-;14-11-;;;;;;;;;;;;;.